The number of hydrogen-bond acceptors (Lipinski definition) is 6. The first-order valence-corrected chi connectivity index (χ1v) is 7.30. The van der Waals surface area contributed by atoms with E-state index >= 15 is 0 Å². The molecule has 24 heavy (non-hydrogen) atoms. The van der Waals surface area contributed by atoms with Gasteiger partial charge in [0.25, 0.3) is 0 Å². The molecule has 0 aliphatic carbocycles. The normalized spacial score (nSPS) is 10.2. The fourth-order valence-electron chi connectivity index (χ4n) is 2.33. The molecule has 0 radical (unpaired) electrons. The number of methoxy groups -OCH3 is 2. The number of hydrogen-bond donors (Lipinski definition) is 2. The number of anilines is 2. The lowest BCUT2D eigenvalue weighted by atomic mass is 10.1. The Kier molecular flexibility index (Phi) is 4.47. The average molecular weight is 323 g/mol. The maximum Gasteiger partial charge on any atom is 0.162 e. The molecule has 0 amide bonds. The molecule has 1 heterocycles. The predicted molar refractivity (Wildman–Crippen MR) is 92.0 cm³/mol. The Morgan fingerprint density at radius 2 is 1.71 bits per heavy atom. The molecule has 0 fully saturated rings. The number of aromatic nitrogens is 2. The molecule has 2 N–H and O–H groups in total. The summed E-state index contributed by atoms with van der Waals surface area (Å²) in [4.78, 5) is 8.54. The quantitative estimate of drug-likeness (QED) is 0.699. The summed E-state index contributed by atoms with van der Waals surface area (Å²) in [6.07, 6.45) is 1.49. The van der Waals surface area contributed by atoms with Crippen molar-refractivity contribution in [3.8, 4) is 28.5 Å². The SMILES string of the molecule is COc1cc(Nc2cc(-c3ccccc3OC)ncn2)ccc1O. The van der Waals surface area contributed by atoms with Crippen LogP contribution in [0.4, 0.5) is 11.5 Å². The number of aromatic hydroxyl groups is 1. The zero-order valence-corrected chi connectivity index (χ0v) is 13.4. The third-order valence-electron chi connectivity index (χ3n) is 3.50. The molecule has 1 aromatic heterocycles. The van der Waals surface area contributed by atoms with Gasteiger partial charge in [0.1, 0.15) is 17.9 Å². The number of benzene rings is 2. The Balaban J connectivity index is 1.91. The molecular formula is C18H17N3O3. The van der Waals surface area contributed by atoms with Crippen LogP contribution in [0.5, 0.6) is 17.2 Å². The minimum atomic E-state index is 0.0837. The van der Waals surface area contributed by atoms with Gasteiger partial charge in [0.2, 0.25) is 0 Å². The van der Waals surface area contributed by atoms with E-state index in [2.05, 4.69) is 15.3 Å². The monoisotopic (exact) mass is 323 g/mol. The Morgan fingerprint density at radius 1 is 0.917 bits per heavy atom. The van der Waals surface area contributed by atoms with Crippen molar-refractivity contribution >= 4 is 11.5 Å². The lowest BCUT2D eigenvalue weighted by Crippen LogP contribution is -1.97. The van der Waals surface area contributed by atoms with E-state index in [4.69, 9.17) is 9.47 Å². The second-order valence-corrected chi connectivity index (χ2v) is 5.00. The fourth-order valence-corrected chi connectivity index (χ4v) is 2.33. The van der Waals surface area contributed by atoms with E-state index in [1.807, 2.05) is 30.3 Å². The largest absolute Gasteiger partial charge is 0.504 e. The number of phenols is 1. The van der Waals surface area contributed by atoms with Crippen molar-refractivity contribution in [1.29, 1.82) is 0 Å². The zero-order valence-electron chi connectivity index (χ0n) is 13.4. The van der Waals surface area contributed by atoms with Gasteiger partial charge in [0.05, 0.1) is 19.9 Å². The third-order valence-corrected chi connectivity index (χ3v) is 3.50. The van der Waals surface area contributed by atoms with E-state index in [9.17, 15) is 5.11 Å². The smallest absolute Gasteiger partial charge is 0.162 e. The van der Waals surface area contributed by atoms with Crippen LogP contribution >= 0.6 is 0 Å². The fraction of sp³-hybridized carbons (Fsp3) is 0.111. The minimum Gasteiger partial charge on any atom is -0.504 e. The predicted octanol–water partition coefficient (Wildman–Crippen LogP) is 3.61. The number of nitrogens with one attached hydrogen (secondary N) is 1. The first-order valence-electron chi connectivity index (χ1n) is 7.30. The lowest BCUT2D eigenvalue weighted by Gasteiger charge is -2.11. The molecule has 6 heteroatoms. The van der Waals surface area contributed by atoms with E-state index in [-0.39, 0.29) is 5.75 Å². The van der Waals surface area contributed by atoms with Crippen molar-refractivity contribution in [3.63, 3.8) is 0 Å². The van der Waals surface area contributed by atoms with Gasteiger partial charge >= 0.3 is 0 Å². The molecule has 0 bridgehead atoms. The average Bonchev–Trinajstić information content (AvgIpc) is 2.63. The van der Waals surface area contributed by atoms with Crippen LogP contribution in [-0.4, -0.2) is 29.3 Å². The van der Waals surface area contributed by atoms with Crippen LogP contribution in [0.25, 0.3) is 11.3 Å². The van der Waals surface area contributed by atoms with Crippen molar-refractivity contribution in [2.24, 2.45) is 0 Å². The summed E-state index contributed by atoms with van der Waals surface area (Å²) < 4.78 is 10.5. The molecule has 0 saturated carbocycles. The van der Waals surface area contributed by atoms with Crippen molar-refractivity contribution in [2.45, 2.75) is 0 Å². The van der Waals surface area contributed by atoms with Crippen LogP contribution in [0, 0.1) is 0 Å². The Labute approximate surface area is 139 Å². The van der Waals surface area contributed by atoms with Crippen LogP contribution in [0.2, 0.25) is 0 Å². The topological polar surface area (TPSA) is 76.5 Å². The molecular weight excluding hydrogens is 306 g/mol. The number of ether oxygens (including phenoxy) is 2. The van der Waals surface area contributed by atoms with Crippen molar-refractivity contribution in [1.82, 2.24) is 9.97 Å². The van der Waals surface area contributed by atoms with Gasteiger partial charge in [-0.2, -0.15) is 0 Å². The molecule has 3 aromatic rings. The highest BCUT2D eigenvalue weighted by atomic mass is 16.5. The highest BCUT2D eigenvalue weighted by Crippen LogP contribution is 2.31. The highest BCUT2D eigenvalue weighted by Gasteiger charge is 2.08. The Morgan fingerprint density at radius 3 is 2.50 bits per heavy atom. The summed E-state index contributed by atoms with van der Waals surface area (Å²) in [5.41, 5.74) is 2.37. The maximum atomic E-state index is 9.66. The molecule has 6 nitrogen and oxygen atoms in total. The van der Waals surface area contributed by atoms with Crippen LogP contribution < -0.4 is 14.8 Å². The van der Waals surface area contributed by atoms with Crippen molar-refractivity contribution in [3.05, 3.63) is 54.9 Å². The van der Waals surface area contributed by atoms with E-state index in [0.717, 1.165) is 22.7 Å². The van der Waals surface area contributed by atoms with E-state index in [1.54, 1.807) is 25.3 Å². The van der Waals surface area contributed by atoms with Crippen LogP contribution in [0.3, 0.4) is 0 Å². The molecule has 3 rings (SSSR count). The van der Waals surface area contributed by atoms with Gasteiger partial charge < -0.3 is 19.9 Å². The molecule has 122 valence electrons. The minimum absolute atomic E-state index is 0.0837. The Hall–Kier alpha value is -3.28. The molecule has 0 unspecified atom stereocenters. The lowest BCUT2D eigenvalue weighted by molar-refractivity contribution is 0.374. The van der Waals surface area contributed by atoms with Gasteiger partial charge in [-0.1, -0.05) is 12.1 Å². The summed E-state index contributed by atoms with van der Waals surface area (Å²) in [6.45, 7) is 0. The molecule has 0 spiro atoms. The molecule has 0 aliphatic heterocycles. The second-order valence-electron chi connectivity index (χ2n) is 5.00. The Bertz CT molecular complexity index is 852. The number of rotatable bonds is 5. The highest BCUT2D eigenvalue weighted by molar-refractivity contribution is 5.70. The van der Waals surface area contributed by atoms with E-state index in [0.29, 0.717) is 11.6 Å². The summed E-state index contributed by atoms with van der Waals surface area (Å²) >= 11 is 0. The summed E-state index contributed by atoms with van der Waals surface area (Å²) in [6, 6.07) is 14.5. The van der Waals surface area contributed by atoms with Gasteiger partial charge in [-0.25, -0.2) is 9.97 Å². The second kappa shape index (κ2) is 6.87. The van der Waals surface area contributed by atoms with Gasteiger partial charge in [-0.05, 0) is 24.3 Å². The van der Waals surface area contributed by atoms with E-state index < -0.39 is 0 Å². The van der Waals surface area contributed by atoms with Gasteiger partial charge in [0, 0.05) is 23.4 Å². The van der Waals surface area contributed by atoms with Gasteiger partial charge in [-0.3, -0.25) is 0 Å². The summed E-state index contributed by atoms with van der Waals surface area (Å²) in [5.74, 6) is 1.84. The standard InChI is InChI=1S/C18H17N3O3/c1-23-16-6-4-3-5-13(16)14-10-18(20-11-19-14)21-12-7-8-15(22)17(9-12)24-2/h3-11,22H,1-2H3,(H,19,20,21). The van der Waals surface area contributed by atoms with Crippen LogP contribution in [-0.2, 0) is 0 Å². The zero-order chi connectivity index (χ0) is 16.9. The van der Waals surface area contributed by atoms with Crippen molar-refractivity contribution < 1.29 is 14.6 Å². The van der Waals surface area contributed by atoms with E-state index in [1.165, 1.54) is 13.4 Å². The van der Waals surface area contributed by atoms with Gasteiger partial charge in [-0.15, -0.1) is 0 Å². The van der Waals surface area contributed by atoms with Gasteiger partial charge in [0.15, 0.2) is 11.5 Å². The molecule has 2 aromatic carbocycles. The maximum absolute atomic E-state index is 9.66. The van der Waals surface area contributed by atoms with Crippen LogP contribution in [0.1, 0.15) is 0 Å². The summed E-state index contributed by atoms with van der Waals surface area (Å²) in [5, 5.41) is 12.8. The van der Waals surface area contributed by atoms with Crippen molar-refractivity contribution in [2.75, 3.05) is 19.5 Å². The molecule has 0 saturated heterocycles. The first-order chi connectivity index (χ1) is 11.7. The number of phenolic OH excluding ortho intramolecular Hbond substituents is 1. The van der Waals surface area contributed by atoms with Crippen LogP contribution in [0.15, 0.2) is 54.9 Å². The molecule has 0 atom stereocenters. The molecule has 0 aliphatic rings. The number of para-hydroxylation sites is 1. The number of nitrogens with zero attached hydrogens (tertiary/aromatic N) is 2. The first kappa shape index (κ1) is 15.6. The third kappa shape index (κ3) is 3.22. The summed E-state index contributed by atoms with van der Waals surface area (Å²) in [7, 11) is 3.13.